The number of rotatable bonds is 3. The summed E-state index contributed by atoms with van der Waals surface area (Å²) in [5.41, 5.74) is 11.6. The van der Waals surface area contributed by atoms with Crippen molar-refractivity contribution in [2.45, 2.75) is 6.54 Å². The predicted octanol–water partition coefficient (Wildman–Crippen LogP) is 1.45. The fourth-order valence-corrected chi connectivity index (χ4v) is 1.17. The van der Waals surface area contributed by atoms with Gasteiger partial charge in [0.1, 0.15) is 17.4 Å². The molecule has 2 aromatic heterocycles. The van der Waals surface area contributed by atoms with E-state index in [1.165, 1.54) is 0 Å². The monoisotopic (exact) mass is 204 g/mol. The van der Waals surface area contributed by atoms with Gasteiger partial charge in [-0.15, -0.1) is 0 Å². The molecule has 2 rings (SSSR count). The summed E-state index contributed by atoms with van der Waals surface area (Å²) in [5.74, 6) is 1.85. The average molecular weight is 204 g/mol. The smallest absolute Gasteiger partial charge is 0.149 e. The van der Waals surface area contributed by atoms with Crippen molar-refractivity contribution in [3.05, 3.63) is 36.3 Å². The van der Waals surface area contributed by atoms with Crippen molar-refractivity contribution in [3.8, 4) is 0 Å². The predicted molar refractivity (Wildman–Crippen MR) is 59.1 cm³/mol. The molecular formula is C10H12N4O. The summed E-state index contributed by atoms with van der Waals surface area (Å²) in [5, 5.41) is 3.07. The highest BCUT2D eigenvalue weighted by Crippen LogP contribution is 2.15. The average Bonchev–Trinajstić information content (AvgIpc) is 2.73. The van der Waals surface area contributed by atoms with Gasteiger partial charge in [-0.3, -0.25) is 0 Å². The van der Waals surface area contributed by atoms with Crippen LogP contribution in [0, 0.1) is 0 Å². The van der Waals surface area contributed by atoms with Gasteiger partial charge in [-0.25, -0.2) is 4.98 Å². The van der Waals surface area contributed by atoms with Crippen LogP contribution in [0.3, 0.4) is 0 Å². The molecule has 0 aliphatic carbocycles. The van der Waals surface area contributed by atoms with Gasteiger partial charge in [0.15, 0.2) is 0 Å². The number of aromatic nitrogens is 1. The molecule has 5 N–H and O–H groups in total. The van der Waals surface area contributed by atoms with Crippen LogP contribution in [-0.4, -0.2) is 4.98 Å². The van der Waals surface area contributed by atoms with E-state index < -0.39 is 0 Å². The van der Waals surface area contributed by atoms with Crippen LogP contribution in [-0.2, 0) is 6.54 Å². The Labute approximate surface area is 87.1 Å². The summed E-state index contributed by atoms with van der Waals surface area (Å²) in [6.07, 6.45) is 1.63. The van der Waals surface area contributed by atoms with E-state index in [1.54, 1.807) is 18.4 Å². The molecule has 0 atom stereocenters. The second kappa shape index (κ2) is 3.91. The Morgan fingerprint density at radius 1 is 1.27 bits per heavy atom. The summed E-state index contributed by atoms with van der Waals surface area (Å²) in [6, 6.07) is 7.21. The molecule has 0 radical (unpaired) electrons. The van der Waals surface area contributed by atoms with Crippen molar-refractivity contribution < 1.29 is 4.42 Å². The second-order valence-corrected chi connectivity index (χ2v) is 3.10. The molecule has 2 aromatic rings. The largest absolute Gasteiger partial charge is 0.467 e. The van der Waals surface area contributed by atoms with Gasteiger partial charge in [0.25, 0.3) is 0 Å². The van der Waals surface area contributed by atoms with Crippen molar-refractivity contribution in [3.63, 3.8) is 0 Å². The van der Waals surface area contributed by atoms with Gasteiger partial charge in [0, 0.05) is 0 Å². The number of pyridine rings is 1. The fourth-order valence-electron chi connectivity index (χ4n) is 1.17. The van der Waals surface area contributed by atoms with Gasteiger partial charge in [-0.05, 0) is 24.3 Å². The third-order valence-corrected chi connectivity index (χ3v) is 1.98. The first-order valence-corrected chi connectivity index (χ1v) is 4.54. The lowest BCUT2D eigenvalue weighted by Crippen LogP contribution is -2.04. The summed E-state index contributed by atoms with van der Waals surface area (Å²) >= 11 is 0. The molecule has 0 aliphatic heterocycles. The van der Waals surface area contributed by atoms with Gasteiger partial charge in [0.05, 0.1) is 18.5 Å². The van der Waals surface area contributed by atoms with Crippen molar-refractivity contribution in [2.24, 2.45) is 0 Å². The van der Waals surface area contributed by atoms with E-state index in [0.717, 1.165) is 5.76 Å². The molecule has 0 spiro atoms. The molecule has 0 saturated carbocycles. The maximum atomic E-state index is 5.57. The van der Waals surface area contributed by atoms with Crippen LogP contribution in [0.15, 0.2) is 34.9 Å². The number of furan rings is 1. The van der Waals surface area contributed by atoms with Gasteiger partial charge in [-0.2, -0.15) is 0 Å². The molecule has 0 unspecified atom stereocenters. The van der Waals surface area contributed by atoms with Crippen LogP contribution in [0.4, 0.5) is 17.3 Å². The fraction of sp³-hybridized carbons (Fsp3) is 0.100. The zero-order chi connectivity index (χ0) is 10.7. The second-order valence-electron chi connectivity index (χ2n) is 3.10. The SMILES string of the molecule is Nc1ccc(NCc2ccco2)nc1N. The van der Waals surface area contributed by atoms with E-state index in [4.69, 9.17) is 15.9 Å². The third-order valence-electron chi connectivity index (χ3n) is 1.98. The molecule has 0 bridgehead atoms. The molecule has 0 aliphatic rings. The maximum Gasteiger partial charge on any atom is 0.149 e. The van der Waals surface area contributed by atoms with E-state index in [-0.39, 0.29) is 0 Å². The van der Waals surface area contributed by atoms with Crippen LogP contribution in [0.5, 0.6) is 0 Å². The molecule has 0 saturated heterocycles. The molecule has 0 amide bonds. The number of nitrogens with zero attached hydrogens (tertiary/aromatic N) is 1. The van der Waals surface area contributed by atoms with E-state index in [1.807, 2.05) is 12.1 Å². The first kappa shape index (κ1) is 9.39. The van der Waals surface area contributed by atoms with Crippen LogP contribution >= 0.6 is 0 Å². The van der Waals surface area contributed by atoms with Crippen LogP contribution in [0.1, 0.15) is 5.76 Å². The molecule has 5 heteroatoms. The standard InChI is InChI=1S/C10H12N4O/c11-8-3-4-9(14-10(8)12)13-6-7-2-1-5-15-7/h1-5H,6,11H2,(H3,12,13,14). The minimum Gasteiger partial charge on any atom is -0.467 e. The Bertz CT molecular complexity index is 439. The molecule has 15 heavy (non-hydrogen) atoms. The highest BCUT2D eigenvalue weighted by Gasteiger charge is 2.00. The van der Waals surface area contributed by atoms with Gasteiger partial charge >= 0.3 is 0 Å². The van der Waals surface area contributed by atoms with E-state index in [0.29, 0.717) is 23.9 Å². The molecule has 0 aromatic carbocycles. The summed E-state index contributed by atoms with van der Waals surface area (Å²) in [6.45, 7) is 0.573. The zero-order valence-electron chi connectivity index (χ0n) is 8.10. The van der Waals surface area contributed by atoms with Crippen molar-refractivity contribution in [1.29, 1.82) is 0 Å². The highest BCUT2D eigenvalue weighted by atomic mass is 16.3. The molecule has 0 fully saturated rings. The Kier molecular flexibility index (Phi) is 2.45. The summed E-state index contributed by atoms with van der Waals surface area (Å²) in [7, 11) is 0. The van der Waals surface area contributed by atoms with Gasteiger partial charge < -0.3 is 21.2 Å². The Hall–Kier alpha value is -2.17. The number of anilines is 3. The topological polar surface area (TPSA) is 90.1 Å². The third kappa shape index (κ3) is 2.19. The number of nitrogen functional groups attached to an aromatic ring is 2. The molecule has 2 heterocycles. The normalized spacial score (nSPS) is 10.1. The van der Waals surface area contributed by atoms with Gasteiger partial charge in [-0.1, -0.05) is 0 Å². The van der Waals surface area contributed by atoms with Gasteiger partial charge in [0.2, 0.25) is 0 Å². The number of hydrogen-bond donors (Lipinski definition) is 3. The number of nitrogens with one attached hydrogen (secondary N) is 1. The summed E-state index contributed by atoms with van der Waals surface area (Å²) < 4.78 is 5.16. The zero-order valence-corrected chi connectivity index (χ0v) is 8.10. The van der Waals surface area contributed by atoms with Crippen LogP contribution in [0.2, 0.25) is 0 Å². The first-order valence-electron chi connectivity index (χ1n) is 4.54. The Balaban J connectivity index is 2.02. The minimum atomic E-state index is 0.333. The quantitative estimate of drug-likeness (QED) is 0.704. The lowest BCUT2D eigenvalue weighted by Gasteiger charge is -2.05. The lowest BCUT2D eigenvalue weighted by atomic mass is 10.3. The van der Waals surface area contributed by atoms with Crippen molar-refractivity contribution >= 4 is 17.3 Å². The van der Waals surface area contributed by atoms with E-state index in [9.17, 15) is 0 Å². The highest BCUT2D eigenvalue weighted by molar-refractivity contribution is 5.61. The van der Waals surface area contributed by atoms with E-state index in [2.05, 4.69) is 10.3 Å². The molecular weight excluding hydrogens is 192 g/mol. The van der Waals surface area contributed by atoms with Crippen molar-refractivity contribution in [1.82, 2.24) is 4.98 Å². The van der Waals surface area contributed by atoms with Crippen LogP contribution < -0.4 is 16.8 Å². The molecule has 5 nitrogen and oxygen atoms in total. The van der Waals surface area contributed by atoms with Crippen LogP contribution in [0.25, 0.3) is 0 Å². The lowest BCUT2D eigenvalue weighted by molar-refractivity contribution is 0.518. The Morgan fingerprint density at radius 2 is 2.13 bits per heavy atom. The first-order chi connectivity index (χ1) is 7.25. The number of nitrogens with two attached hydrogens (primary N) is 2. The number of hydrogen-bond acceptors (Lipinski definition) is 5. The summed E-state index contributed by atoms with van der Waals surface area (Å²) in [4.78, 5) is 4.07. The maximum absolute atomic E-state index is 5.57. The molecule has 78 valence electrons. The minimum absolute atomic E-state index is 0.333. The van der Waals surface area contributed by atoms with E-state index >= 15 is 0 Å². The van der Waals surface area contributed by atoms with Crippen molar-refractivity contribution in [2.75, 3.05) is 16.8 Å². The Morgan fingerprint density at radius 3 is 2.80 bits per heavy atom.